The summed E-state index contributed by atoms with van der Waals surface area (Å²) in [4.78, 5) is 16.4. The summed E-state index contributed by atoms with van der Waals surface area (Å²) in [6.07, 6.45) is 0. The second kappa shape index (κ2) is 5.18. The molecule has 0 fully saturated rings. The Kier molecular flexibility index (Phi) is 3.62. The molecule has 2 heterocycles. The van der Waals surface area contributed by atoms with Gasteiger partial charge in [-0.25, -0.2) is 4.79 Å². The predicted molar refractivity (Wildman–Crippen MR) is 69.3 cm³/mol. The fourth-order valence-electron chi connectivity index (χ4n) is 1.71. The summed E-state index contributed by atoms with van der Waals surface area (Å²) in [7, 11) is 0. The van der Waals surface area contributed by atoms with E-state index in [1.165, 1.54) is 0 Å². The number of aromatic carboxylic acids is 1. The number of nitrogens with zero attached hydrogens (tertiary/aromatic N) is 1. The van der Waals surface area contributed by atoms with Gasteiger partial charge in [0.05, 0.1) is 5.69 Å². The Balaban J connectivity index is 2.28. The molecule has 2 aromatic heterocycles. The smallest absolute Gasteiger partial charge is 0.341 e. The van der Waals surface area contributed by atoms with Crippen molar-refractivity contribution in [1.29, 1.82) is 0 Å². The molecule has 0 bridgehead atoms. The number of pyridine rings is 1. The Morgan fingerprint density at radius 2 is 2.28 bits per heavy atom. The lowest BCUT2D eigenvalue weighted by atomic mass is 10.1. The van der Waals surface area contributed by atoms with Gasteiger partial charge in [-0.3, -0.25) is 4.98 Å². The van der Waals surface area contributed by atoms with E-state index in [0.717, 1.165) is 10.6 Å². The first-order chi connectivity index (χ1) is 8.58. The molecule has 2 rings (SSSR count). The van der Waals surface area contributed by atoms with Crippen LogP contribution in [0.4, 0.5) is 0 Å². The lowest BCUT2D eigenvalue weighted by molar-refractivity contribution is 0.0690. The number of carboxylic acids is 1. The zero-order chi connectivity index (χ0) is 13.1. The maximum atomic E-state index is 11.2. The average molecular weight is 263 g/mol. The van der Waals surface area contributed by atoms with Crippen LogP contribution in [-0.2, 0) is 6.61 Å². The van der Waals surface area contributed by atoms with Crippen LogP contribution in [0.25, 0.3) is 0 Å². The summed E-state index contributed by atoms with van der Waals surface area (Å²) in [5, 5.41) is 11.1. The molecule has 5 heteroatoms. The minimum atomic E-state index is -1.01. The molecule has 0 aromatic carbocycles. The molecule has 0 unspecified atom stereocenters. The monoisotopic (exact) mass is 263 g/mol. The Morgan fingerprint density at radius 3 is 2.89 bits per heavy atom. The van der Waals surface area contributed by atoms with Crippen LogP contribution in [0, 0.1) is 13.8 Å². The highest BCUT2D eigenvalue weighted by atomic mass is 32.1. The van der Waals surface area contributed by atoms with Gasteiger partial charge in [0.25, 0.3) is 0 Å². The van der Waals surface area contributed by atoms with Gasteiger partial charge in [0.1, 0.15) is 17.9 Å². The highest BCUT2D eigenvalue weighted by Crippen LogP contribution is 2.24. The Morgan fingerprint density at radius 1 is 1.50 bits per heavy atom. The van der Waals surface area contributed by atoms with Crippen molar-refractivity contribution in [3.8, 4) is 5.75 Å². The van der Waals surface area contributed by atoms with E-state index in [1.807, 2.05) is 24.4 Å². The average Bonchev–Trinajstić information content (AvgIpc) is 2.77. The van der Waals surface area contributed by atoms with E-state index in [9.17, 15) is 9.90 Å². The minimum absolute atomic E-state index is 0.136. The molecule has 94 valence electrons. The maximum absolute atomic E-state index is 11.2. The zero-order valence-corrected chi connectivity index (χ0v) is 11.0. The Bertz CT molecular complexity index is 564. The second-order valence-electron chi connectivity index (χ2n) is 3.90. The lowest BCUT2D eigenvalue weighted by Gasteiger charge is -2.11. The van der Waals surface area contributed by atoms with Crippen molar-refractivity contribution in [2.24, 2.45) is 0 Å². The van der Waals surface area contributed by atoms with Gasteiger partial charge in [-0.2, -0.15) is 0 Å². The number of hydrogen-bond acceptors (Lipinski definition) is 4. The van der Waals surface area contributed by atoms with Crippen LogP contribution in [0.5, 0.6) is 5.75 Å². The number of carboxylic acid groups (broad SMARTS) is 1. The van der Waals surface area contributed by atoms with Crippen molar-refractivity contribution in [3.05, 3.63) is 45.4 Å². The van der Waals surface area contributed by atoms with E-state index in [2.05, 4.69) is 4.98 Å². The number of aryl methyl sites for hydroxylation is 2. The van der Waals surface area contributed by atoms with Crippen LogP contribution in [0.3, 0.4) is 0 Å². The predicted octanol–water partition coefficient (Wildman–Crippen LogP) is 3.04. The Labute approximate surface area is 109 Å². The van der Waals surface area contributed by atoms with Crippen LogP contribution in [0.2, 0.25) is 0 Å². The van der Waals surface area contributed by atoms with Gasteiger partial charge >= 0.3 is 5.97 Å². The number of hydrogen-bond donors (Lipinski definition) is 1. The van der Waals surface area contributed by atoms with Crippen molar-refractivity contribution in [1.82, 2.24) is 4.98 Å². The van der Waals surface area contributed by atoms with E-state index < -0.39 is 5.97 Å². The molecular weight excluding hydrogens is 250 g/mol. The van der Waals surface area contributed by atoms with Crippen molar-refractivity contribution in [3.63, 3.8) is 0 Å². The number of ether oxygens (including phenoxy) is 1. The molecule has 0 saturated carbocycles. The fourth-order valence-corrected chi connectivity index (χ4v) is 2.33. The van der Waals surface area contributed by atoms with Gasteiger partial charge in [0.15, 0.2) is 0 Å². The van der Waals surface area contributed by atoms with Gasteiger partial charge in [-0.1, -0.05) is 6.07 Å². The molecule has 0 atom stereocenters. The molecule has 2 aromatic rings. The summed E-state index contributed by atoms with van der Waals surface area (Å²) in [6, 6.07) is 5.54. The summed E-state index contributed by atoms with van der Waals surface area (Å²) >= 11 is 1.58. The third kappa shape index (κ3) is 2.68. The van der Waals surface area contributed by atoms with Crippen LogP contribution >= 0.6 is 11.3 Å². The molecule has 4 nitrogen and oxygen atoms in total. The molecule has 1 N–H and O–H groups in total. The van der Waals surface area contributed by atoms with Crippen LogP contribution < -0.4 is 4.74 Å². The third-order valence-corrected chi connectivity index (χ3v) is 3.31. The van der Waals surface area contributed by atoms with Gasteiger partial charge in [-0.15, -0.1) is 11.3 Å². The van der Waals surface area contributed by atoms with Crippen molar-refractivity contribution in [2.75, 3.05) is 0 Å². The second-order valence-corrected chi connectivity index (χ2v) is 4.93. The zero-order valence-electron chi connectivity index (χ0n) is 10.1. The van der Waals surface area contributed by atoms with Crippen molar-refractivity contribution < 1.29 is 14.6 Å². The molecule has 0 aliphatic heterocycles. The number of carbonyl (C=O) groups is 1. The number of thiophene rings is 1. The maximum Gasteiger partial charge on any atom is 0.341 e. The van der Waals surface area contributed by atoms with E-state index in [-0.39, 0.29) is 5.56 Å². The highest BCUT2D eigenvalue weighted by molar-refractivity contribution is 7.09. The SMILES string of the molecule is Cc1cc(OCc2cccs2)c(C(=O)O)c(C)n1. The van der Waals surface area contributed by atoms with E-state index in [1.54, 1.807) is 24.3 Å². The number of aromatic nitrogens is 1. The summed E-state index contributed by atoms with van der Waals surface area (Å²) in [5.41, 5.74) is 1.36. The van der Waals surface area contributed by atoms with E-state index in [4.69, 9.17) is 4.74 Å². The first-order valence-corrected chi connectivity index (χ1v) is 6.32. The summed E-state index contributed by atoms with van der Waals surface area (Å²) in [5.74, 6) is -0.637. The highest BCUT2D eigenvalue weighted by Gasteiger charge is 2.16. The van der Waals surface area contributed by atoms with Gasteiger partial charge in [-0.05, 0) is 25.3 Å². The first-order valence-electron chi connectivity index (χ1n) is 5.44. The molecule has 0 saturated heterocycles. The summed E-state index contributed by atoms with van der Waals surface area (Å²) in [6.45, 7) is 3.87. The van der Waals surface area contributed by atoms with E-state index >= 15 is 0 Å². The van der Waals surface area contributed by atoms with Crippen molar-refractivity contribution >= 4 is 17.3 Å². The molecule has 0 spiro atoms. The van der Waals surface area contributed by atoms with Gasteiger partial charge < -0.3 is 9.84 Å². The summed E-state index contributed by atoms with van der Waals surface area (Å²) < 4.78 is 5.59. The van der Waals surface area contributed by atoms with Gasteiger partial charge in [0.2, 0.25) is 0 Å². The van der Waals surface area contributed by atoms with Gasteiger partial charge in [0, 0.05) is 16.6 Å². The van der Waals surface area contributed by atoms with Crippen LogP contribution in [0.1, 0.15) is 26.6 Å². The topological polar surface area (TPSA) is 59.4 Å². The molecule has 0 radical (unpaired) electrons. The molecule has 0 amide bonds. The standard InChI is InChI=1S/C13H13NO3S/c1-8-6-11(12(13(15)16)9(2)14-8)17-7-10-4-3-5-18-10/h3-6H,7H2,1-2H3,(H,15,16). The first kappa shape index (κ1) is 12.6. The third-order valence-electron chi connectivity index (χ3n) is 2.46. The van der Waals surface area contributed by atoms with Crippen molar-refractivity contribution in [2.45, 2.75) is 20.5 Å². The minimum Gasteiger partial charge on any atom is -0.487 e. The fraction of sp³-hybridized carbons (Fsp3) is 0.231. The lowest BCUT2D eigenvalue weighted by Crippen LogP contribution is -2.07. The molecular formula is C13H13NO3S. The van der Waals surface area contributed by atoms with E-state index in [0.29, 0.717) is 18.1 Å². The molecule has 0 aliphatic carbocycles. The normalized spacial score (nSPS) is 10.3. The Hall–Kier alpha value is -1.88. The molecule has 18 heavy (non-hydrogen) atoms. The largest absolute Gasteiger partial charge is 0.487 e. The quantitative estimate of drug-likeness (QED) is 0.921. The molecule has 0 aliphatic rings. The number of rotatable bonds is 4. The van der Waals surface area contributed by atoms with Crippen LogP contribution in [0.15, 0.2) is 23.6 Å². The van der Waals surface area contributed by atoms with Crippen LogP contribution in [-0.4, -0.2) is 16.1 Å².